The molecule has 0 N–H and O–H groups in total. The van der Waals surface area contributed by atoms with E-state index in [-0.39, 0.29) is 17.8 Å². The zero-order chi connectivity index (χ0) is 10.3. The summed E-state index contributed by atoms with van der Waals surface area (Å²) in [5.74, 6) is -0.00840. The highest BCUT2D eigenvalue weighted by Crippen LogP contribution is 2.43. The average Bonchev–Trinajstić information content (AvgIpc) is 2.24. The monoisotopic (exact) mass is 197 g/mol. The second-order valence-corrected chi connectivity index (χ2v) is 4.19. The number of hydrogen-bond donors (Lipinski definition) is 0. The lowest BCUT2D eigenvalue weighted by Gasteiger charge is -2.50. The van der Waals surface area contributed by atoms with Gasteiger partial charge >= 0.3 is 5.97 Å². The summed E-state index contributed by atoms with van der Waals surface area (Å²) >= 11 is 0. The Bertz CT molecular complexity index is 279. The van der Waals surface area contributed by atoms with Crippen molar-refractivity contribution >= 4 is 11.9 Å². The molecule has 2 heterocycles. The maximum absolute atomic E-state index is 11.7. The lowest BCUT2D eigenvalue weighted by Crippen LogP contribution is -2.63. The maximum Gasteiger partial charge on any atom is 0.331 e. The summed E-state index contributed by atoms with van der Waals surface area (Å²) < 4.78 is 4.79. The lowest BCUT2D eigenvalue weighted by atomic mass is 9.70. The van der Waals surface area contributed by atoms with E-state index in [1.165, 1.54) is 7.11 Å². The highest BCUT2D eigenvalue weighted by atomic mass is 16.5. The van der Waals surface area contributed by atoms with Gasteiger partial charge in [-0.15, -0.1) is 0 Å². The van der Waals surface area contributed by atoms with Gasteiger partial charge in [0.25, 0.3) is 0 Å². The summed E-state index contributed by atoms with van der Waals surface area (Å²) in [6.07, 6.45) is 3.18. The maximum atomic E-state index is 11.7. The number of piperidine rings is 2. The molecule has 0 atom stereocenters. The van der Waals surface area contributed by atoms with Gasteiger partial charge in [-0.1, -0.05) is 0 Å². The van der Waals surface area contributed by atoms with E-state index in [0.717, 1.165) is 25.7 Å². The first kappa shape index (κ1) is 9.49. The number of methoxy groups -OCH3 is 1. The Labute approximate surface area is 83.2 Å². The number of carbonyl (C=O) groups excluding carboxylic acids is 2. The summed E-state index contributed by atoms with van der Waals surface area (Å²) in [4.78, 5) is 25.0. The van der Waals surface area contributed by atoms with Crippen LogP contribution in [0.1, 0.15) is 25.7 Å². The van der Waals surface area contributed by atoms with Crippen molar-refractivity contribution in [3.63, 3.8) is 0 Å². The van der Waals surface area contributed by atoms with Crippen molar-refractivity contribution in [3.8, 4) is 0 Å². The fourth-order valence-electron chi connectivity index (χ4n) is 2.69. The normalized spacial score (nSPS) is 36.0. The highest BCUT2D eigenvalue weighted by molar-refractivity contribution is 5.91. The summed E-state index contributed by atoms with van der Waals surface area (Å²) in [7, 11) is 3.10. The molecule has 4 heteroatoms. The SMILES string of the molecule is COC(=O)C12CCC(CC1)C(=O)N2C. The molecule has 3 aliphatic rings. The van der Waals surface area contributed by atoms with Crippen LogP contribution in [-0.2, 0) is 14.3 Å². The molecule has 14 heavy (non-hydrogen) atoms. The van der Waals surface area contributed by atoms with Crippen LogP contribution in [-0.4, -0.2) is 36.5 Å². The number of likely N-dealkylation sites (N-methyl/N-ethyl adjacent to an activating group) is 1. The van der Waals surface area contributed by atoms with Crippen molar-refractivity contribution in [1.82, 2.24) is 4.90 Å². The fourth-order valence-corrected chi connectivity index (χ4v) is 2.69. The van der Waals surface area contributed by atoms with E-state index < -0.39 is 5.54 Å². The zero-order valence-corrected chi connectivity index (χ0v) is 8.58. The molecule has 3 fully saturated rings. The van der Waals surface area contributed by atoms with Gasteiger partial charge in [0, 0.05) is 13.0 Å². The molecule has 1 saturated carbocycles. The van der Waals surface area contributed by atoms with E-state index in [1.54, 1.807) is 11.9 Å². The largest absolute Gasteiger partial charge is 0.467 e. The number of hydrogen-bond acceptors (Lipinski definition) is 3. The lowest BCUT2D eigenvalue weighted by molar-refractivity contribution is -0.174. The Morgan fingerprint density at radius 3 is 2.57 bits per heavy atom. The molecule has 78 valence electrons. The minimum atomic E-state index is -0.652. The predicted octanol–water partition coefficient (Wildman–Crippen LogP) is 0.560. The van der Waals surface area contributed by atoms with Crippen molar-refractivity contribution in [3.05, 3.63) is 0 Å². The predicted molar refractivity (Wildman–Crippen MR) is 49.5 cm³/mol. The minimum absolute atomic E-state index is 0.105. The van der Waals surface area contributed by atoms with Gasteiger partial charge in [0.05, 0.1) is 7.11 Å². The molecule has 1 amide bonds. The molecule has 0 aromatic carbocycles. The van der Waals surface area contributed by atoms with Crippen LogP contribution in [0.15, 0.2) is 0 Å². The summed E-state index contributed by atoms with van der Waals surface area (Å²) in [5.41, 5.74) is -0.652. The molecule has 0 aromatic heterocycles. The smallest absolute Gasteiger partial charge is 0.331 e. The third kappa shape index (κ3) is 0.996. The van der Waals surface area contributed by atoms with Gasteiger partial charge in [-0.2, -0.15) is 0 Å². The molecule has 0 radical (unpaired) electrons. The topological polar surface area (TPSA) is 46.6 Å². The van der Waals surface area contributed by atoms with Crippen molar-refractivity contribution < 1.29 is 14.3 Å². The van der Waals surface area contributed by atoms with E-state index in [2.05, 4.69) is 0 Å². The second kappa shape index (κ2) is 2.97. The molecule has 0 spiro atoms. The van der Waals surface area contributed by atoms with Crippen LogP contribution in [0.4, 0.5) is 0 Å². The van der Waals surface area contributed by atoms with E-state index in [1.807, 2.05) is 0 Å². The van der Waals surface area contributed by atoms with Crippen LogP contribution in [0.2, 0.25) is 0 Å². The van der Waals surface area contributed by atoms with E-state index >= 15 is 0 Å². The molecule has 2 aliphatic heterocycles. The van der Waals surface area contributed by atoms with Crippen LogP contribution in [0.3, 0.4) is 0 Å². The first-order valence-corrected chi connectivity index (χ1v) is 4.98. The van der Waals surface area contributed by atoms with Crippen LogP contribution in [0.5, 0.6) is 0 Å². The Balaban J connectivity index is 2.33. The average molecular weight is 197 g/mol. The fraction of sp³-hybridized carbons (Fsp3) is 0.800. The number of nitrogens with zero attached hydrogens (tertiary/aromatic N) is 1. The Kier molecular flexibility index (Phi) is 2.01. The van der Waals surface area contributed by atoms with Gasteiger partial charge in [0.2, 0.25) is 5.91 Å². The van der Waals surface area contributed by atoms with Gasteiger partial charge < -0.3 is 9.64 Å². The van der Waals surface area contributed by atoms with Crippen molar-refractivity contribution in [1.29, 1.82) is 0 Å². The minimum Gasteiger partial charge on any atom is -0.467 e. The Morgan fingerprint density at radius 2 is 2.07 bits per heavy atom. The molecule has 2 saturated heterocycles. The number of carbonyl (C=O) groups is 2. The molecule has 4 nitrogen and oxygen atoms in total. The second-order valence-electron chi connectivity index (χ2n) is 4.19. The first-order chi connectivity index (χ1) is 6.62. The van der Waals surface area contributed by atoms with Gasteiger partial charge in [-0.25, -0.2) is 4.79 Å². The molecule has 3 rings (SSSR count). The Morgan fingerprint density at radius 1 is 1.50 bits per heavy atom. The van der Waals surface area contributed by atoms with Gasteiger partial charge in [0.15, 0.2) is 0 Å². The van der Waals surface area contributed by atoms with Crippen LogP contribution in [0.25, 0.3) is 0 Å². The number of ether oxygens (including phenoxy) is 1. The number of esters is 1. The zero-order valence-electron chi connectivity index (χ0n) is 8.58. The molecule has 0 aromatic rings. The quantitative estimate of drug-likeness (QED) is 0.577. The number of amides is 1. The van der Waals surface area contributed by atoms with Crippen LogP contribution in [0, 0.1) is 5.92 Å². The molecular formula is C10H15NO3. The third-order valence-corrected chi connectivity index (χ3v) is 3.70. The highest BCUT2D eigenvalue weighted by Gasteiger charge is 2.54. The first-order valence-electron chi connectivity index (χ1n) is 4.98. The van der Waals surface area contributed by atoms with Crippen molar-refractivity contribution in [2.75, 3.05) is 14.2 Å². The van der Waals surface area contributed by atoms with Gasteiger partial charge in [-0.05, 0) is 25.7 Å². The van der Waals surface area contributed by atoms with Crippen molar-refractivity contribution in [2.24, 2.45) is 5.92 Å². The van der Waals surface area contributed by atoms with E-state index in [0.29, 0.717) is 0 Å². The van der Waals surface area contributed by atoms with Crippen LogP contribution < -0.4 is 0 Å². The summed E-state index contributed by atoms with van der Waals surface area (Å²) in [5, 5.41) is 0. The summed E-state index contributed by atoms with van der Waals surface area (Å²) in [6, 6.07) is 0. The van der Waals surface area contributed by atoms with E-state index in [4.69, 9.17) is 4.74 Å². The molecular weight excluding hydrogens is 182 g/mol. The van der Waals surface area contributed by atoms with E-state index in [9.17, 15) is 9.59 Å². The Hall–Kier alpha value is -1.06. The van der Waals surface area contributed by atoms with Gasteiger partial charge in [-0.3, -0.25) is 4.79 Å². The number of fused-ring (bicyclic) bond motifs is 3. The standard InChI is InChI=1S/C10H15NO3/c1-11-8(12)7-3-5-10(11,6-4-7)9(13)14-2/h7H,3-6H2,1-2H3. The third-order valence-electron chi connectivity index (χ3n) is 3.70. The number of rotatable bonds is 1. The van der Waals surface area contributed by atoms with Crippen LogP contribution >= 0.6 is 0 Å². The molecule has 1 aliphatic carbocycles. The van der Waals surface area contributed by atoms with Gasteiger partial charge in [0.1, 0.15) is 5.54 Å². The molecule has 0 unspecified atom stereocenters. The molecule has 2 bridgehead atoms. The van der Waals surface area contributed by atoms with Crippen molar-refractivity contribution in [2.45, 2.75) is 31.2 Å². The summed E-state index contributed by atoms with van der Waals surface area (Å²) in [6.45, 7) is 0.